The lowest BCUT2D eigenvalue weighted by molar-refractivity contribution is -0.385. The van der Waals surface area contributed by atoms with E-state index in [2.05, 4.69) is 5.32 Å². The number of anilines is 1. The van der Waals surface area contributed by atoms with E-state index in [1.807, 2.05) is 13.8 Å². The van der Waals surface area contributed by atoms with Gasteiger partial charge in [0, 0.05) is 29.2 Å². The van der Waals surface area contributed by atoms with E-state index < -0.39 is 33.4 Å². The van der Waals surface area contributed by atoms with Crippen LogP contribution in [0.4, 0.5) is 11.4 Å². The molecule has 0 saturated heterocycles. The Morgan fingerprint density at radius 2 is 1.70 bits per heavy atom. The third-order valence-corrected chi connectivity index (χ3v) is 9.43. The number of amides is 2. The van der Waals surface area contributed by atoms with Gasteiger partial charge in [0.15, 0.2) is 0 Å². The van der Waals surface area contributed by atoms with Gasteiger partial charge in [-0.25, -0.2) is 8.42 Å². The summed E-state index contributed by atoms with van der Waals surface area (Å²) in [6.07, 6.45) is 0.921. The summed E-state index contributed by atoms with van der Waals surface area (Å²) in [4.78, 5) is 39.5. The summed E-state index contributed by atoms with van der Waals surface area (Å²) >= 11 is 6.43. The first-order chi connectivity index (χ1) is 20.8. The molecule has 3 aromatic carbocycles. The number of halogens is 1. The quantitative estimate of drug-likeness (QED) is 0.181. The van der Waals surface area contributed by atoms with Crippen molar-refractivity contribution in [3.63, 3.8) is 0 Å². The number of ether oxygens (including phenoxy) is 1. The van der Waals surface area contributed by atoms with Crippen LogP contribution in [0.15, 0.2) is 71.6 Å². The molecule has 2 atom stereocenters. The number of benzene rings is 3. The first kappa shape index (κ1) is 34.3. The lowest BCUT2D eigenvalue weighted by Gasteiger charge is -2.34. The lowest BCUT2D eigenvalue weighted by Crippen LogP contribution is -2.53. The Kier molecular flexibility index (Phi) is 11.7. The molecule has 0 radical (unpaired) electrons. The Balaban J connectivity index is 2.13. The molecular weight excluding hydrogens is 608 g/mol. The van der Waals surface area contributed by atoms with Crippen molar-refractivity contribution in [2.75, 3.05) is 18.0 Å². The molecule has 2 amide bonds. The van der Waals surface area contributed by atoms with Gasteiger partial charge in [0.25, 0.3) is 15.7 Å². The molecule has 236 valence electrons. The van der Waals surface area contributed by atoms with Gasteiger partial charge in [-0.3, -0.25) is 24.0 Å². The second-order valence-electron chi connectivity index (χ2n) is 10.3. The summed E-state index contributed by atoms with van der Waals surface area (Å²) in [5, 5.41) is 14.9. The van der Waals surface area contributed by atoms with Crippen molar-refractivity contribution in [1.82, 2.24) is 10.2 Å². The molecule has 0 unspecified atom stereocenters. The molecule has 13 heteroatoms. The highest BCUT2D eigenvalue weighted by atomic mass is 35.5. The van der Waals surface area contributed by atoms with Crippen molar-refractivity contribution in [3.8, 4) is 5.75 Å². The zero-order valence-corrected chi connectivity index (χ0v) is 26.9. The fraction of sp³-hybridized carbons (Fsp3) is 0.355. The summed E-state index contributed by atoms with van der Waals surface area (Å²) in [7, 11) is -3.06. The minimum Gasteiger partial charge on any atom is -0.497 e. The van der Waals surface area contributed by atoms with Gasteiger partial charge in [0.1, 0.15) is 18.3 Å². The summed E-state index contributed by atoms with van der Waals surface area (Å²) in [5.41, 5.74) is 0.604. The van der Waals surface area contributed by atoms with Crippen molar-refractivity contribution < 1.29 is 27.7 Å². The number of carbonyl (C=O) groups excluding carboxylic acids is 2. The number of rotatable bonds is 14. The molecule has 0 bridgehead atoms. The zero-order chi connectivity index (χ0) is 32.6. The topological polar surface area (TPSA) is 139 Å². The normalized spacial score (nSPS) is 12.6. The second kappa shape index (κ2) is 15.0. The molecule has 0 aromatic heterocycles. The number of nitro benzene ring substituents is 1. The highest BCUT2D eigenvalue weighted by Gasteiger charge is 2.35. The molecule has 0 aliphatic carbocycles. The fourth-order valence-corrected chi connectivity index (χ4v) is 6.15. The van der Waals surface area contributed by atoms with E-state index in [-0.39, 0.29) is 46.7 Å². The number of hydrogen-bond donors (Lipinski definition) is 1. The number of nitro groups is 1. The Hall–Kier alpha value is -4.16. The molecule has 0 saturated carbocycles. The van der Waals surface area contributed by atoms with E-state index in [0.29, 0.717) is 22.8 Å². The first-order valence-corrected chi connectivity index (χ1v) is 15.9. The smallest absolute Gasteiger partial charge is 0.273 e. The lowest BCUT2D eigenvalue weighted by atomic mass is 10.1. The van der Waals surface area contributed by atoms with E-state index in [0.717, 1.165) is 10.4 Å². The van der Waals surface area contributed by atoms with Crippen LogP contribution in [0.1, 0.15) is 44.7 Å². The molecule has 3 aromatic rings. The molecule has 0 spiro atoms. The zero-order valence-electron chi connectivity index (χ0n) is 25.3. The number of hydrogen-bond acceptors (Lipinski definition) is 7. The number of methoxy groups -OCH3 is 1. The molecule has 0 aliphatic heterocycles. The van der Waals surface area contributed by atoms with Crippen LogP contribution >= 0.6 is 11.6 Å². The third kappa shape index (κ3) is 8.06. The van der Waals surface area contributed by atoms with Crippen LogP contribution in [-0.2, 0) is 26.2 Å². The highest BCUT2D eigenvalue weighted by Crippen LogP contribution is 2.30. The molecule has 0 heterocycles. The average molecular weight is 645 g/mol. The maximum Gasteiger partial charge on any atom is 0.273 e. The van der Waals surface area contributed by atoms with Gasteiger partial charge in [-0.2, -0.15) is 0 Å². The number of sulfonamides is 1. The molecule has 44 heavy (non-hydrogen) atoms. The Morgan fingerprint density at radius 3 is 2.27 bits per heavy atom. The van der Waals surface area contributed by atoms with Crippen molar-refractivity contribution in [2.24, 2.45) is 0 Å². The monoisotopic (exact) mass is 644 g/mol. The molecule has 11 nitrogen and oxygen atoms in total. The third-order valence-electron chi connectivity index (χ3n) is 7.29. The van der Waals surface area contributed by atoms with Gasteiger partial charge < -0.3 is 15.0 Å². The Labute approximate surface area is 263 Å². The Morgan fingerprint density at radius 1 is 1.05 bits per heavy atom. The van der Waals surface area contributed by atoms with E-state index in [1.54, 1.807) is 31.2 Å². The van der Waals surface area contributed by atoms with Gasteiger partial charge in [0.05, 0.1) is 22.6 Å². The van der Waals surface area contributed by atoms with Crippen LogP contribution in [0.3, 0.4) is 0 Å². The van der Waals surface area contributed by atoms with Gasteiger partial charge in [0.2, 0.25) is 11.8 Å². The largest absolute Gasteiger partial charge is 0.497 e. The van der Waals surface area contributed by atoms with Gasteiger partial charge >= 0.3 is 0 Å². The van der Waals surface area contributed by atoms with Crippen LogP contribution in [0, 0.1) is 17.0 Å². The van der Waals surface area contributed by atoms with Gasteiger partial charge in [-0.15, -0.1) is 0 Å². The molecule has 1 N–H and O–H groups in total. The second-order valence-corrected chi connectivity index (χ2v) is 12.5. The molecule has 0 aliphatic rings. The highest BCUT2D eigenvalue weighted by molar-refractivity contribution is 7.92. The number of aryl methyl sites for hydroxylation is 1. The van der Waals surface area contributed by atoms with Crippen LogP contribution in [0.2, 0.25) is 5.02 Å². The minimum absolute atomic E-state index is 0.0581. The van der Waals surface area contributed by atoms with Crippen molar-refractivity contribution in [3.05, 3.63) is 93.0 Å². The van der Waals surface area contributed by atoms with Crippen LogP contribution < -0.4 is 14.4 Å². The minimum atomic E-state index is -4.52. The maximum atomic E-state index is 14.2. The van der Waals surface area contributed by atoms with E-state index in [4.69, 9.17) is 16.3 Å². The van der Waals surface area contributed by atoms with Gasteiger partial charge in [-0.1, -0.05) is 49.7 Å². The van der Waals surface area contributed by atoms with Crippen molar-refractivity contribution >= 4 is 44.8 Å². The van der Waals surface area contributed by atoms with E-state index in [1.165, 1.54) is 55.3 Å². The van der Waals surface area contributed by atoms with E-state index in [9.17, 15) is 28.1 Å². The summed E-state index contributed by atoms with van der Waals surface area (Å²) in [6, 6.07) is 15.4. The average Bonchev–Trinajstić information content (AvgIpc) is 3.00. The number of carbonyl (C=O) groups is 2. The maximum absolute atomic E-state index is 14.2. The van der Waals surface area contributed by atoms with E-state index >= 15 is 0 Å². The summed E-state index contributed by atoms with van der Waals surface area (Å²) < 4.78 is 34.3. The number of nitrogens with zero attached hydrogens (tertiary/aromatic N) is 3. The number of nitrogens with one attached hydrogen (secondary N) is 1. The van der Waals surface area contributed by atoms with Crippen molar-refractivity contribution in [2.45, 2.75) is 64.1 Å². The van der Waals surface area contributed by atoms with Gasteiger partial charge in [-0.05, 0) is 68.7 Å². The fourth-order valence-electron chi connectivity index (χ4n) is 4.52. The predicted molar refractivity (Wildman–Crippen MR) is 169 cm³/mol. The van der Waals surface area contributed by atoms with Crippen molar-refractivity contribution in [1.29, 1.82) is 0 Å². The summed E-state index contributed by atoms with van der Waals surface area (Å²) in [6.45, 7) is 6.28. The summed E-state index contributed by atoms with van der Waals surface area (Å²) in [5.74, 6) is -0.594. The standard InChI is InChI=1S/C31H37ClN4O7S/c1-6-22(4)33-31(38)28(7-2)34(19-23-10-8-9-11-27(23)32)30(37)20-35(24-13-15-25(43-5)16-14-24)44(41,42)26-17-12-21(3)29(18-26)36(39)40/h8-18,22,28H,6-7,19-20H2,1-5H3,(H,33,38)/t22-,28+/m0/s1. The van der Waals surface area contributed by atoms with Crippen LogP contribution in [0.25, 0.3) is 0 Å². The molecule has 0 fully saturated rings. The Bertz CT molecular complexity index is 1600. The molecular formula is C31H37ClN4O7S. The predicted octanol–water partition coefficient (Wildman–Crippen LogP) is 5.48. The van der Waals surface area contributed by atoms with Crippen LogP contribution in [0.5, 0.6) is 5.75 Å². The molecule has 3 rings (SSSR count). The van der Waals surface area contributed by atoms with Crippen LogP contribution in [-0.4, -0.2) is 55.8 Å². The first-order valence-electron chi connectivity index (χ1n) is 14.1. The SMILES string of the molecule is CC[C@H](C(=O)N[C@@H](C)CC)N(Cc1ccccc1Cl)C(=O)CN(c1ccc(OC)cc1)S(=O)(=O)c1ccc(C)c([N+](=O)[O-])c1.